The predicted molar refractivity (Wildman–Crippen MR) is 94.1 cm³/mol. The normalized spacial score (nSPS) is 10.1. The van der Waals surface area contributed by atoms with Crippen LogP contribution < -0.4 is 9.47 Å². The van der Waals surface area contributed by atoms with Crippen molar-refractivity contribution in [2.75, 3.05) is 20.8 Å². The smallest absolute Gasteiger partial charge is 0.260 e. The molecule has 2 aromatic carbocycles. The zero-order valence-corrected chi connectivity index (χ0v) is 14.7. The Morgan fingerprint density at radius 1 is 1.09 bits per heavy atom. The lowest BCUT2D eigenvalue weighted by Crippen LogP contribution is -2.31. The van der Waals surface area contributed by atoms with E-state index in [2.05, 4.69) is 22.6 Å². The summed E-state index contributed by atoms with van der Waals surface area (Å²) < 4.78 is 11.9. The molecule has 4 nitrogen and oxygen atoms in total. The topological polar surface area (TPSA) is 38.8 Å². The summed E-state index contributed by atoms with van der Waals surface area (Å²) in [5.41, 5.74) is 0.968. The highest BCUT2D eigenvalue weighted by molar-refractivity contribution is 14.1. The molecule has 22 heavy (non-hydrogen) atoms. The molecule has 116 valence electrons. The summed E-state index contributed by atoms with van der Waals surface area (Å²) in [6, 6.07) is 15.3. The molecular weight excluding hydrogens is 393 g/mol. The molecule has 0 aromatic heterocycles. The SMILES string of the molecule is COc1ccccc1CN(C)C(=O)COc1ccccc1I. The maximum Gasteiger partial charge on any atom is 0.260 e. The number of ether oxygens (including phenoxy) is 2. The van der Waals surface area contributed by atoms with E-state index in [4.69, 9.17) is 9.47 Å². The van der Waals surface area contributed by atoms with Crippen LogP contribution in [-0.2, 0) is 11.3 Å². The number of carbonyl (C=O) groups excluding carboxylic acids is 1. The summed E-state index contributed by atoms with van der Waals surface area (Å²) in [5.74, 6) is 1.42. The molecule has 0 aliphatic rings. The maximum absolute atomic E-state index is 12.2. The van der Waals surface area contributed by atoms with Gasteiger partial charge in [-0.1, -0.05) is 30.3 Å². The molecule has 2 aromatic rings. The first-order valence-electron chi connectivity index (χ1n) is 6.85. The number of benzene rings is 2. The second-order valence-corrected chi connectivity index (χ2v) is 5.94. The van der Waals surface area contributed by atoms with Crippen molar-refractivity contribution in [3.8, 4) is 11.5 Å². The van der Waals surface area contributed by atoms with Crippen LogP contribution in [0.15, 0.2) is 48.5 Å². The molecule has 0 aliphatic carbocycles. The lowest BCUT2D eigenvalue weighted by molar-refractivity contribution is -0.132. The molecule has 0 spiro atoms. The largest absolute Gasteiger partial charge is 0.496 e. The van der Waals surface area contributed by atoms with Crippen molar-refractivity contribution >= 4 is 28.5 Å². The number of hydrogen-bond acceptors (Lipinski definition) is 3. The molecule has 0 saturated heterocycles. The Morgan fingerprint density at radius 2 is 1.73 bits per heavy atom. The fourth-order valence-electron chi connectivity index (χ4n) is 1.99. The molecule has 0 heterocycles. The van der Waals surface area contributed by atoms with Gasteiger partial charge in [0.05, 0.1) is 10.7 Å². The minimum atomic E-state index is -0.0782. The van der Waals surface area contributed by atoms with E-state index in [1.807, 2.05) is 48.5 Å². The zero-order chi connectivity index (χ0) is 15.9. The van der Waals surface area contributed by atoms with Gasteiger partial charge in [0.2, 0.25) is 0 Å². The monoisotopic (exact) mass is 411 g/mol. The summed E-state index contributed by atoms with van der Waals surface area (Å²) in [6.07, 6.45) is 0. The van der Waals surface area contributed by atoms with E-state index in [9.17, 15) is 4.79 Å². The van der Waals surface area contributed by atoms with Crippen LogP contribution in [0.25, 0.3) is 0 Å². The third kappa shape index (κ3) is 4.37. The number of methoxy groups -OCH3 is 1. The molecule has 0 aliphatic heterocycles. The number of hydrogen-bond donors (Lipinski definition) is 0. The minimum Gasteiger partial charge on any atom is -0.496 e. The average Bonchev–Trinajstić information content (AvgIpc) is 2.54. The van der Waals surface area contributed by atoms with E-state index in [0.717, 1.165) is 20.6 Å². The Balaban J connectivity index is 1.94. The number of rotatable bonds is 6. The molecule has 0 bridgehead atoms. The number of halogens is 1. The number of nitrogens with zero attached hydrogens (tertiary/aromatic N) is 1. The zero-order valence-electron chi connectivity index (χ0n) is 12.6. The Kier molecular flexibility index (Phi) is 6.06. The summed E-state index contributed by atoms with van der Waals surface area (Å²) in [5, 5.41) is 0. The first kappa shape index (κ1) is 16.6. The van der Waals surface area contributed by atoms with Crippen LogP contribution in [0.2, 0.25) is 0 Å². The van der Waals surface area contributed by atoms with Crippen molar-refractivity contribution in [2.45, 2.75) is 6.54 Å². The summed E-state index contributed by atoms with van der Waals surface area (Å²) >= 11 is 2.19. The second-order valence-electron chi connectivity index (χ2n) is 4.78. The van der Waals surface area contributed by atoms with Gasteiger partial charge in [0.25, 0.3) is 5.91 Å². The van der Waals surface area contributed by atoms with Crippen LogP contribution in [0.1, 0.15) is 5.56 Å². The van der Waals surface area contributed by atoms with Gasteiger partial charge in [-0.3, -0.25) is 4.79 Å². The molecule has 5 heteroatoms. The first-order valence-corrected chi connectivity index (χ1v) is 7.93. The summed E-state index contributed by atoms with van der Waals surface area (Å²) in [7, 11) is 3.38. The molecule has 0 saturated carbocycles. The lowest BCUT2D eigenvalue weighted by atomic mass is 10.2. The average molecular weight is 411 g/mol. The number of carbonyl (C=O) groups is 1. The molecule has 2 rings (SSSR count). The van der Waals surface area contributed by atoms with E-state index >= 15 is 0 Å². The summed E-state index contributed by atoms with van der Waals surface area (Å²) in [6.45, 7) is 0.504. The fraction of sp³-hybridized carbons (Fsp3) is 0.235. The van der Waals surface area contributed by atoms with E-state index in [0.29, 0.717) is 6.54 Å². The van der Waals surface area contributed by atoms with Crippen molar-refractivity contribution in [2.24, 2.45) is 0 Å². The Morgan fingerprint density at radius 3 is 2.41 bits per heavy atom. The summed E-state index contributed by atoms with van der Waals surface area (Å²) in [4.78, 5) is 13.8. The number of amides is 1. The highest BCUT2D eigenvalue weighted by Crippen LogP contribution is 2.20. The standard InChI is InChI=1S/C17H18INO3/c1-19(11-13-7-3-5-9-15(13)21-2)17(20)12-22-16-10-6-4-8-14(16)18/h3-10H,11-12H2,1-2H3. The van der Waals surface area contributed by atoms with Crippen molar-refractivity contribution in [3.05, 3.63) is 57.7 Å². The van der Waals surface area contributed by atoms with Crippen LogP contribution in [0, 0.1) is 3.57 Å². The fourth-order valence-corrected chi connectivity index (χ4v) is 2.53. The molecular formula is C17H18INO3. The van der Waals surface area contributed by atoms with Crippen LogP contribution >= 0.6 is 22.6 Å². The Bertz CT molecular complexity index is 645. The Hall–Kier alpha value is -1.76. The van der Waals surface area contributed by atoms with Crippen molar-refractivity contribution in [1.82, 2.24) is 4.90 Å². The predicted octanol–water partition coefficient (Wildman–Crippen LogP) is 3.34. The molecule has 0 unspecified atom stereocenters. The quantitative estimate of drug-likeness (QED) is 0.685. The van der Waals surface area contributed by atoms with Crippen molar-refractivity contribution < 1.29 is 14.3 Å². The lowest BCUT2D eigenvalue weighted by Gasteiger charge is -2.19. The van der Waals surface area contributed by atoms with E-state index in [1.165, 1.54) is 0 Å². The van der Waals surface area contributed by atoms with Gasteiger partial charge < -0.3 is 14.4 Å². The van der Waals surface area contributed by atoms with E-state index in [1.54, 1.807) is 19.1 Å². The van der Waals surface area contributed by atoms with E-state index < -0.39 is 0 Å². The van der Waals surface area contributed by atoms with Gasteiger partial charge in [-0.15, -0.1) is 0 Å². The van der Waals surface area contributed by atoms with Gasteiger partial charge >= 0.3 is 0 Å². The minimum absolute atomic E-state index is 0.0195. The number of para-hydroxylation sites is 2. The van der Waals surface area contributed by atoms with Crippen LogP contribution in [0.3, 0.4) is 0 Å². The van der Waals surface area contributed by atoms with Crippen LogP contribution in [0.4, 0.5) is 0 Å². The highest BCUT2D eigenvalue weighted by Gasteiger charge is 2.13. The van der Waals surface area contributed by atoms with Gasteiger partial charge in [-0.25, -0.2) is 0 Å². The highest BCUT2D eigenvalue weighted by atomic mass is 127. The van der Waals surface area contributed by atoms with Gasteiger partial charge in [-0.05, 0) is 40.8 Å². The van der Waals surface area contributed by atoms with Crippen LogP contribution in [0.5, 0.6) is 11.5 Å². The molecule has 0 N–H and O–H groups in total. The molecule has 0 radical (unpaired) electrons. The second kappa shape index (κ2) is 8.03. The van der Waals surface area contributed by atoms with E-state index in [-0.39, 0.29) is 12.5 Å². The molecule has 0 atom stereocenters. The van der Waals surface area contributed by atoms with Crippen molar-refractivity contribution in [3.63, 3.8) is 0 Å². The van der Waals surface area contributed by atoms with Gasteiger partial charge in [0.15, 0.2) is 6.61 Å². The van der Waals surface area contributed by atoms with Gasteiger partial charge in [0.1, 0.15) is 11.5 Å². The molecule has 0 fully saturated rings. The molecule has 1 amide bonds. The maximum atomic E-state index is 12.2. The Labute approximate surface area is 144 Å². The van der Waals surface area contributed by atoms with Crippen molar-refractivity contribution in [1.29, 1.82) is 0 Å². The first-order chi connectivity index (χ1) is 10.6. The number of likely N-dealkylation sites (N-methyl/N-ethyl adjacent to an activating group) is 1. The van der Waals surface area contributed by atoms with Gasteiger partial charge in [-0.2, -0.15) is 0 Å². The third-order valence-electron chi connectivity index (χ3n) is 3.21. The van der Waals surface area contributed by atoms with Gasteiger partial charge in [0, 0.05) is 19.2 Å². The van der Waals surface area contributed by atoms with Crippen LogP contribution in [-0.4, -0.2) is 31.6 Å². The third-order valence-corrected chi connectivity index (χ3v) is 4.10.